The van der Waals surface area contributed by atoms with E-state index in [2.05, 4.69) is 28.0 Å². The number of hydrogen-bond donors (Lipinski definition) is 1. The first-order valence-electron chi connectivity index (χ1n) is 4.02. The van der Waals surface area contributed by atoms with Crippen LogP contribution in [0.3, 0.4) is 0 Å². The van der Waals surface area contributed by atoms with Crippen LogP contribution < -0.4 is 5.32 Å². The van der Waals surface area contributed by atoms with Crippen LogP contribution in [0.1, 0.15) is 19.0 Å². The quantitative estimate of drug-likeness (QED) is 0.699. The summed E-state index contributed by atoms with van der Waals surface area (Å²) in [5.41, 5.74) is 1.11. The van der Waals surface area contributed by atoms with E-state index in [4.69, 9.17) is 0 Å². The third-order valence-electron chi connectivity index (χ3n) is 1.53. The van der Waals surface area contributed by atoms with Gasteiger partial charge in [0, 0.05) is 19.3 Å². The molecule has 0 aliphatic carbocycles. The zero-order valence-corrected chi connectivity index (χ0v) is 7.17. The molecule has 0 saturated heterocycles. The fraction of sp³-hybridized carbons (Fsp3) is 0.625. The van der Waals surface area contributed by atoms with Crippen molar-refractivity contribution in [1.82, 2.24) is 14.9 Å². The number of rotatable bonds is 4. The van der Waals surface area contributed by atoms with Crippen LogP contribution in [0, 0.1) is 0 Å². The average Bonchev–Trinajstić information content (AvgIpc) is 2.38. The maximum atomic E-state index is 4.22. The molecule has 3 heteroatoms. The van der Waals surface area contributed by atoms with Crippen molar-refractivity contribution in [3.63, 3.8) is 0 Å². The Balaban J connectivity index is 2.51. The number of nitrogens with zero attached hydrogens (tertiary/aromatic N) is 2. The summed E-state index contributed by atoms with van der Waals surface area (Å²) >= 11 is 0. The van der Waals surface area contributed by atoms with Gasteiger partial charge in [-0.05, 0) is 13.5 Å². The number of imidazole rings is 1. The monoisotopic (exact) mass is 153 g/mol. The van der Waals surface area contributed by atoms with Crippen LogP contribution in [0.15, 0.2) is 12.5 Å². The molecular weight excluding hydrogens is 138 g/mol. The highest BCUT2D eigenvalue weighted by molar-refractivity contribution is 4.95. The lowest BCUT2D eigenvalue weighted by molar-refractivity contribution is 0.677. The van der Waals surface area contributed by atoms with Crippen molar-refractivity contribution in [3.8, 4) is 0 Å². The maximum absolute atomic E-state index is 4.22. The van der Waals surface area contributed by atoms with Crippen molar-refractivity contribution in [2.45, 2.75) is 26.4 Å². The van der Waals surface area contributed by atoms with Crippen molar-refractivity contribution in [2.75, 3.05) is 7.05 Å². The van der Waals surface area contributed by atoms with Crippen molar-refractivity contribution < 1.29 is 0 Å². The predicted molar refractivity (Wildman–Crippen MR) is 45.3 cm³/mol. The van der Waals surface area contributed by atoms with Gasteiger partial charge in [-0.2, -0.15) is 0 Å². The largest absolute Gasteiger partial charge is 0.337 e. The van der Waals surface area contributed by atoms with Gasteiger partial charge in [0.2, 0.25) is 0 Å². The second-order valence-corrected chi connectivity index (χ2v) is 2.63. The third kappa shape index (κ3) is 2.35. The van der Waals surface area contributed by atoms with Crippen molar-refractivity contribution >= 4 is 0 Å². The Morgan fingerprint density at radius 1 is 1.64 bits per heavy atom. The lowest BCUT2D eigenvalue weighted by atomic mass is 10.4. The van der Waals surface area contributed by atoms with E-state index in [1.165, 1.54) is 0 Å². The number of aryl methyl sites for hydroxylation is 1. The number of nitrogens with one attached hydrogen (secondary N) is 1. The molecule has 1 heterocycles. The summed E-state index contributed by atoms with van der Waals surface area (Å²) in [4.78, 5) is 4.22. The van der Waals surface area contributed by atoms with Crippen LogP contribution in [-0.4, -0.2) is 16.6 Å². The Morgan fingerprint density at radius 3 is 3.09 bits per heavy atom. The molecule has 0 fully saturated rings. The Hall–Kier alpha value is -0.830. The van der Waals surface area contributed by atoms with E-state index in [9.17, 15) is 0 Å². The highest BCUT2D eigenvalue weighted by atomic mass is 15.0. The molecule has 62 valence electrons. The summed E-state index contributed by atoms with van der Waals surface area (Å²) in [6.07, 6.45) is 5.13. The second kappa shape index (κ2) is 4.13. The van der Waals surface area contributed by atoms with E-state index in [0.29, 0.717) is 0 Å². The van der Waals surface area contributed by atoms with E-state index in [0.717, 1.165) is 25.2 Å². The minimum absolute atomic E-state index is 0.858. The molecule has 0 spiro atoms. The Labute approximate surface area is 67.4 Å². The van der Waals surface area contributed by atoms with Gasteiger partial charge in [0.1, 0.15) is 0 Å². The van der Waals surface area contributed by atoms with Gasteiger partial charge in [0.25, 0.3) is 0 Å². The molecule has 1 rings (SSSR count). The van der Waals surface area contributed by atoms with Crippen LogP contribution in [0.25, 0.3) is 0 Å². The van der Waals surface area contributed by atoms with Crippen molar-refractivity contribution in [3.05, 3.63) is 18.2 Å². The molecule has 0 amide bonds. The van der Waals surface area contributed by atoms with Crippen LogP contribution >= 0.6 is 0 Å². The van der Waals surface area contributed by atoms with E-state index in [1.54, 1.807) is 0 Å². The molecule has 0 radical (unpaired) electrons. The minimum Gasteiger partial charge on any atom is -0.337 e. The smallest absolute Gasteiger partial charge is 0.0949 e. The van der Waals surface area contributed by atoms with Gasteiger partial charge in [-0.1, -0.05) is 6.92 Å². The van der Waals surface area contributed by atoms with Gasteiger partial charge < -0.3 is 9.88 Å². The third-order valence-corrected chi connectivity index (χ3v) is 1.53. The van der Waals surface area contributed by atoms with Gasteiger partial charge in [-0.25, -0.2) is 4.98 Å². The fourth-order valence-corrected chi connectivity index (χ4v) is 1.06. The van der Waals surface area contributed by atoms with E-state index < -0.39 is 0 Å². The molecule has 0 aliphatic rings. The number of hydrogen-bond acceptors (Lipinski definition) is 2. The van der Waals surface area contributed by atoms with Gasteiger partial charge in [-0.3, -0.25) is 0 Å². The topological polar surface area (TPSA) is 29.9 Å². The molecule has 0 atom stereocenters. The van der Waals surface area contributed by atoms with Crippen molar-refractivity contribution in [2.24, 2.45) is 0 Å². The van der Waals surface area contributed by atoms with E-state index in [-0.39, 0.29) is 0 Å². The van der Waals surface area contributed by atoms with Crippen LogP contribution in [0.2, 0.25) is 0 Å². The summed E-state index contributed by atoms with van der Waals surface area (Å²) in [6, 6.07) is 0. The van der Waals surface area contributed by atoms with Gasteiger partial charge >= 0.3 is 0 Å². The molecular formula is C8H15N3. The molecule has 0 unspecified atom stereocenters. The van der Waals surface area contributed by atoms with E-state index in [1.807, 2.05) is 13.4 Å². The molecule has 1 aromatic heterocycles. The standard InChI is InChI=1S/C8H15N3/c1-3-4-11-6-8(5-9-2)10-7-11/h6-7,9H,3-5H2,1-2H3. The Morgan fingerprint density at radius 2 is 2.45 bits per heavy atom. The van der Waals surface area contributed by atoms with Crippen molar-refractivity contribution in [1.29, 1.82) is 0 Å². The molecule has 0 aliphatic heterocycles. The van der Waals surface area contributed by atoms with Crippen LogP contribution in [0.4, 0.5) is 0 Å². The SMILES string of the molecule is CCCn1cnc(CNC)c1. The highest BCUT2D eigenvalue weighted by Crippen LogP contribution is 1.96. The summed E-state index contributed by atoms with van der Waals surface area (Å²) in [7, 11) is 1.93. The molecule has 3 nitrogen and oxygen atoms in total. The number of aromatic nitrogens is 2. The zero-order chi connectivity index (χ0) is 8.10. The van der Waals surface area contributed by atoms with Crippen LogP contribution in [-0.2, 0) is 13.1 Å². The maximum Gasteiger partial charge on any atom is 0.0949 e. The first-order valence-corrected chi connectivity index (χ1v) is 4.02. The highest BCUT2D eigenvalue weighted by Gasteiger charge is 1.94. The Kier molecular flexibility index (Phi) is 3.11. The first-order chi connectivity index (χ1) is 5.36. The van der Waals surface area contributed by atoms with Gasteiger partial charge in [-0.15, -0.1) is 0 Å². The molecule has 0 bridgehead atoms. The Bertz CT molecular complexity index is 184. The lowest BCUT2D eigenvalue weighted by Gasteiger charge is -1.95. The molecule has 1 N–H and O–H groups in total. The zero-order valence-electron chi connectivity index (χ0n) is 7.17. The van der Waals surface area contributed by atoms with Gasteiger partial charge in [0.05, 0.1) is 12.0 Å². The lowest BCUT2D eigenvalue weighted by Crippen LogP contribution is -2.05. The average molecular weight is 153 g/mol. The summed E-state index contributed by atoms with van der Waals surface area (Å²) in [5, 5.41) is 3.06. The minimum atomic E-state index is 0.858. The molecule has 1 aromatic rings. The van der Waals surface area contributed by atoms with E-state index >= 15 is 0 Å². The second-order valence-electron chi connectivity index (χ2n) is 2.63. The van der Waals surface area contributed by atoms with Gasteiger partial charge in [0.15, 0.2) is 0 Å². The molecule has 0 aromatic carbocycles. The molecule has 11 heavy (non-hydrogen) atoms. The summed E-state index contributed by atoms with van der Waals surface area (Å²) in [5.74, 6) is 0. The summed E-state index contributed by atoms with van der Waals surface area (Å²) < 4.78 is 2.12. The molecule has 0 saturated carbocycles. The first kappa shape index (κ1) is 8.27. The normalized spacial score (nSPS) is 10.4. The summed E-state index contributed by atoms with van der Waals surface area (Å²) in [6.45, 7) is 4.09. The predicted octanol–water partition coefficient (Wildman–Crippen LogP) is 1.01. The van der Waals surface area contributed by atoms with Crippen LogP contribution in [0.5, 0.6) is 0 Å². The fourth-order valence-electron chi connectivity index (χ4n) is 1.06.